The molecule has 0 aromatic rings. The molecule has 0 fully saturated rings. The number of allylic oxidation sites excluding steroid dienone is 8. The minimum Gasteiger partial charge on any atom is -0.462 e. The van der Waals surface area contributed by atoms with E-state index in [1.807, 2.05) is 42.5 Å². The summed E-state index contributed by atoms with van der Waals surface area (Å²) >= 11 is 0. The highest BCUT2D eigenvalue weighted by molar-refractivity contribution is 7.46. The zero-order valence-corrected chi connectivity index (χ0v) is 33.4. The molecular weight excluding hydrogens is 679 g/mol. The number of carbonyl (C=O) groups is 2. The van der Waals surface area contributed by atoms with Crippen molar-refractivity contribution in [3.8, 4) is 0 Å². The summed E-state index contributed by atoms with van der Waals surface area (Å²) in [5.41, 5.74) is 0. The van der Waals surface area contributed by atoms with Crippen molar-refractivity contribution in [3.63, 3.8) is 0 Å². The summed E-state index contributed by atoms with van der Waals surface area (Å²) in [5.74, 6) is -0.992. The number of ether oxygens (including phenoxy) is 2. The molecule has 1 unspecified atom stereocenters. The van der Waals surface area contributed by atoms with Gasteiger partial charge in [-0.1, -0.05) is 171 Å². The van der Waals surface area contributed by atoms with Gasteiger partial charge in [0.1, 0.15) is 6.61 Å². The Labute approximate surface area is 316 Å². The Bertz CT molecular complexity index is 1040. The first-order chi connectivity index (χ1) is 25.2. The second-order valence-corrected chi connectivity index (χ2v) is 14.7. The molecule has 0 saturated heterocycles. The number of unbranched alkanes of at least 4 members (excludes halogenated alkanes) is 16. The summed E-state index contributed by atoms with van der Waals surface area (Å²) in [6, 6.07) is 0. The maximum Gasteiger partial charge on any atom is 0.469 e. The van der Waals surface area contributed by atoms with Gasteiger partial charge in [-0.15, -0.1) is 0 Å². The van der Waals surface area contributed by atoms with Crippen LogP contribution < -0.4 is 0 Å². The molecule has 0 amide bonds. The summed E-state index contributed by atoms with van der Waals surface area (Å²) in [5, 5.41) is 9.97. The molecule has 0 radical (unpaired) electrons. The standard InChI is InChI=1S/C42H73O9P/c1-3-5-7-9-11-12-13-14-15-16-17-18-19-24-28-32-36-42(45)51-40(38-50-52(46,47)48)37-49-41(44)35-31-27-23-21-20-22-26-30-34-39(43)33-29-25-10-8-6-4-2/h6,8,21-23,25-26,29-30,34,39-40,43H,3-5,7,9-20,24,27-28,31-33,35-38H2,1-2H3,(H2,46,47,48)/b8-6-,23-21-,26-22-,29-25-,34-30+/t39?,40-/m1/s1. The number of phosphoric ester groups is 1. The van der Waals surface area contributed by atoms with Gasteiger partial charge in [0.2, 0.25) is 0 Å². The molecule has 300 valence electrons. The summed E-state index contributed by atoms with van der Waals surface area (Å²) in [6.45, 7) is 3.45. The Morgan fingerprint density at radius 2 is 1.15 bits per heavy atom. The van der Waals surface area contributed by atoms with Crippen molar-refractivity contribution in [2.75, 3.05) is 13.2 Å². The van der Waals surface area contributed by atoms with Crippen LogP contribution in [0.5, 0.6) is 0 Å². The lowest BCUT2D eigenvalue weighted by Crippen LogP contribution is -2.29. The van der Waals surface area contributed by atoms with Gasteiger partial charge < -0.3 is 24.4 Å². The minimum absolute atomic E-state index is 0.156. The van der Waals surface area contributed by atoms with E-state index in [0.717, 1.165) is 38.5 Å². The van der Waals surface area contributed by atoms with E-state index in [2.05, 4.69) is 30.5 Å². The first kappa shape index (κ1) is 49.7. The molecule has 0 rings (SSSR count). The van der Waals surface area contributed by atoms with E-state index in [1.54, 1.807) is 6.08 Å². The average Bonchev–Trinajstić information content (AvgIpc) is 3.11. The topological polar surface area (TPSA) is 140 Å². The van der Waals surface area contributed by atoms with E-state index in [1.165, 1.54) is 77.0 Å². The van der Waals surface area contributed by atoms with Crippen LogP contribution in [0.3, 0.4) is 0 Å². The molecule has 52 heavy (non-hydrogen) atoms. The molecule has 0 aliphatic carbocycles. The zero-order valence-electron chi connectivity index (χ0n) is 32.6. The number of esters is 2. The Balaban J connectivity index is 4.09. The molecule has 0 saturated carbocycles. The fraction of sp³-hybridized carbons (Fsp3) is 0.714. The lowest BCUT2D eigenvalue weighted by Gasteiger charge is -2.18. The molecule has 0 heterocycles. The predicted octanol–water partition coefficient (Wildman–Crippen LogP) is 11.1. The molecule has 3 N–H and O–H groups in total. The predicted molar refractivity (Wildman–Crippen MR) is 213 cm³/mol. The molecule has 0 aromatic heterocycles. The van der Waals surface area contributed by atoms with Crippen LogP contribution >= 0.6 is 7.82 Å². The first-order valence-electron chi connectivity index (χ1n) is 20.2. The fourth-order valence-corrected chi connectivity index (χ4v) is 5.74. The van der Waals surface area contributed by atoms with Crippen molar-refractivity contribution >= 4 is 19.8 Å². The largest absolute Gasteiger partial charge is 0.469 e. The summed E-state index contributed by atoms with van der Waals surface area (Å²) < 4.78 is 26.3. The van der Waals surface area contributed by atoms with Crippen LogP contribution in [-0.2, 0) is 28.2 Å². The van der Waals surface area contributed by atoms with Crippen LogP contribution in [0, 0.1) is 0 Å². The normalized spacial score (nSPS) is 13.7. The molecule has 2 atom stereocenters. The van der Waals surface area contributed by atoms with E-state index >= 15 is 0 Å². The smallest absolute Gasteiger partial charge is 0.462 e. The Morgan fingerprint density at radius 3 is 1.75 bits per heavy atom. The van der Waals surface area contributed by atoms with Crippen LogP contribution in [0.1, 0.15) is 168 Å². The quantitative estimate of drug-likeness (QED) is 0.0187. The molecule has 0 spiro atoms. The van der Waals surface area contributed by atoms with Crippen molar-refractivity contribution in [2.24, 2.45) is 0 Å². The molecule has 0 bridgehead atoms. The van der Waals surface area contributed by atoms with E-state index < -0.39 is 38.6 Å². The second-order valence-electron chi connectivity index (χ2n) is 13.4. The maximum atomic E-state index is 12.4. The van der Waals surface area contributed by atoms with Gasteiger partial charge in [-0.3, -0.25) is 14.1 Å². The highest BCUT2D eigenvalue weighted by atomic mass is 31.2. The number of phosphoric acid groups is 1. The van der Waals surface area contributed by atoms with Crippen LogP contribution in [0.25, 0.3) is 0 Å². The molecule has 9 nitrogen and oxygen atoms in total. The van der Waals surface area contributed by atoms with E-state index in [0.29, 0.717) is 25.7 Å². The van der Waals surface area contributed by atoms with Crippen molar-refractivity contribution in [1.29, 1.82) is 0 Å². The number of hydrogen-bond donors (Lipinski definition) is 3. The van der Waals surface area contributed by atoms with E-state index in [4.69, 9.17) is 19.3 Å². The Hall–Kier alpha value is -2.29. The number of aliphatic hydroxyl groups excluding tert-OH is 1. The van der Waals surface area contributed by atoms with Crippen LogP contribution in [0.4, 0.5) is 0 Å². The Morgan fingerprint density at radius 1 is 0.615 bits per heavy atom. The van der Waals surface area contributed by atoms with Crippen LogP contribution in [0.15, 0.2) is 60.8 Å². The highest BCUT2D eigenvalue weighted by Gasteiger charge is 2.22. The maximum absolute atomic E-state index is 12.4. The van der Waals surface area contributed by atoms with Gasteiger partial charge in [0, 0.05) is 12.8 Å². The SMILES string of the molecule is CC/C=C\C/C=C\CC(O)/C=C/C=C\C/C=C\CCCC(=O)OC[C@H](COP(=O)(O)O)OC(=O)CCCCCCCCCCCCCCCCCC. The minimum atomic E-state index is -4.78. The summed E-state index contributed by atoms with van der Waals surface area (Å²) in [6.07, 6.45) is 42.6. The van der Waals surface area contributed by atoms with Gasteiger partial charge in [0.15, 0.2) is 6.10 Å². The van der Waals surface area contributed by atoms with Crippen LogP contribution in [0.2, 0.25) is 0 Å². The molecule has 10 heteroatoms. The van der Waals surface area contributed by atoms with Gasteiger partial charge in [-0.05, 0) is 44.9 Å². The number of carbonyl (C=O) groups excluding carboxylic acids is 2. The van der Waals surface area contributed by atoms with Crippen molar-refractivity contribution < 1.29 is 43.0 Å². The van der Waals surface area contributed by atoms with E-state index in [-0.39, 0.29) is 19.4 Å². The van der Waals surface area contributed by atoms with Crippen molar-refractivity contribution in [3.05, 3.63) is 60.8 Å². The third kappa shape index (κ3) is 38.9. The van der Waals surface area contributed by atoms with Gasteiger partial charge in [0.05, 0.1) is 12.7 Å². The van der Waals surface area contributed by atoms with Gasteiger partial charge in [-0.2, -0.15) is 0 Å². The van der Waals surface area contributed by atoms with Crippen LogP contribution in [-0.4, -0.2) is 52.3 Å². The highest BCUT2D eigenvalue weighted by Crippen LogP contribution is 2.36. The van der Waals surface area contributed by atoms with Gasteiger partial charge in [-0.25, -0.2) is 4.57 Å². The first-order valence-corrected chi connectivity index (χ1v) is 21.7. The molecule has 0 aliphatic rings. The lowest BCUT2D eigenvalue weighted by atomic mass is 10.0. The fourth-order valence-electron chi connectivity index (χ4n) is 5.38. The van der Waals surface area contributed by atoms with Gasteiger partial charge in [0.25, 0.3) is 0 Å². The van der Waals surface area contributed by atoms with Gasteiger partial charge >= 0.3 is 19.8 Å². The monoisotopic (exact) mass is 752 g/mol. The summed E-state index contributed by atoms with van der Waals surface area (Å²) in [7, 11) is -4.78. The molecule has 0 aromatic carbocycles. The average molecular weight is 753 g/mol. The second kappa shape index (κ2) is 37.0. The van der Waals surface area contributed by atoms with E-state index in [9.17, 15) is 19.3 Å². The number of aliphatic hydroxyl groups is 1. The van der Waals surface area contributed by atoms with Crippen molar-refractivity contribution in [1.82, 2.24) is 0 Å². The number of hydrogen-bond acceptors (Lipinski definition) is 7. The lowest BCUT2D eigenvalue weighted by molar-refractivity contribution is -0.161. The third-order valence-corrected chi connectivity index (χ3v) is 8.87. The Kier molecular flexibility index (Phi) is 35.4. The molecule has 0 aliphatic heterocycles. The number of rotatable bonds is 36. The molecular formula is C42H73O9P. The van der Waals surface area contributed by atoms with Crippen molar-refractivity contribution in [2.45, 2.75) is 180 Å². The zero-order chi connectivity index (χ0) is 38.4. The summed E-state index contributed by atoms with van der Waals surface area (Å²) in [4.78, 5) is 42.8. The third-order valence-electron chi connectivity index (χ3n) is 8.38.